The first-order valence-electron chi connectivity index (χ1n) is 4.80. The van der Waals surface area contributed by atoms with Gasteiger partial charge in [0.2, 0.25) is 0 Å². The normalized spacial score (nSPS) is 14.1. The fraction of sp³-hybridized carbons (Fsp3) is 0.636. The molecule has 0 spiro atoms. The molecule has 0 aromatic carbocycles. The molecule has 0 amide bonds. The van der Waals surface area contributed by atoms with Gasteiger partial charge in [-0.25, -0.2) is 0 Å². The molecular weight excluding hydrogens is 194 g/mol. The quantitative estimate of drug-likeness (QED) is 0.819. The van der Waals surface area contributed by atoms with Crippen LogP contribution in [0, 0.1) is 0 Å². The van der Waals surface area contributed by atoms with E-state index in [9.17, 15) is 0 Å². The van der Waals surface area contributed by atoms with Crippen molar-refractivity contribution in [2.75, 3.05) is 7.11 Å². The van der Waals surface area contributed by atoms with E-state index in [1.165, 1.54) is 4.88 Å². The summed E-state index contributed by atoms with van der Waals surface area (Å²) in [5.41, 5.74) is 6.05. The number of methoxy groups -OCH3 is 1. The van der Waals surface area contributed by atoms with Crippen molar-refractivity contribution < 1.29 is 4.74 Å². The minimum absolute atomic E-state index is 0.0473. The molecule has 1 heterocycles. The van der Waals surface area contributed by atoms with E-state index < -0.39 is 0 Å². The molecule has 3 heteroatoms. The van der Waals surface area contributed by atoms with Crippen molar-refractivity contribution in [3.63, 3.8) is 0 Å². The summed E-state index contributed by atoms with van der Waals surface area (Å²) in [6, 6.07) is 2.15. The lowest BCUT2D eigenvalue weighted by atomic mass is 9.95. The van der Waals surface area contributed by atoms with Gasteiger partial charge in [-0.1, -0.05) is 20.8 Å². The fourth-order valence-corrected chi connectivity index (χ4v) is 2.37. The third-order valence-electron chi connectivity index (χ3n) is 2.10. The summed E-state index contributed by atoms with van der Waals surface area (Å²) in [5, 5.41) is 0. The second-order valence-corrected chi connectivity index (χ2v) is 5.67. The van der Waals surface area contributed by atoms with Crippen molar-refractivity contribution in [3.8, 4) is 5.75 Å². The lowest BCUT2D eigenvalue weighted by Crippen LogP contribution is -2.08. The minimum atomic E-state index is 0.0473. The Labute approximate surface area is 90.1 Å². The number of hydrogen-bond donors (Lipinski definition) is 1. The first-order chi connectivity index (χ1) is 6.36. The molecular formula is C11H19NOS. The highest BCUT2D eigenvalue weighted by Gasteiger charge is 2.21. The van der Waals surface area contributed by atoms with Gasteiger partial charge < -0.3 is 10.5 Å². The van der Waals surface area contributed by atoms with Gasteiger partial charge in [-0.15, -0.1) is 11.3 Å². The van der Waals surface area contributed by atoms with Gasteiger partial charge in [0.25, 0.3) is 0 Å². The molecule has 0 saturated heterocycles. The van der Waals surface area contributed by atoms with Crippen LogP contribution in [0.3, 0.4) is 0 Å². The zero-order chi connectivity index (χ0) is 10.9. The number of hydrogen-bond acceptors (Lipinski definition) is 3. The van der Waals surface area contributed by atoms with E-state index >= 15 is 0 Å². The predicted molar refractivity (Wildman–Crippen MR) is 62.2 cm³/mol. The molecule has 0 radical (unpaired) electrons. The van der Waals surface area contributed by atoms with Crippen LogP contribution in [0.2, 0.25) is 0 Å². The first-order valence-corrected chi connectivity index (χ1v) is 5.61. The number of ether oxygens (including phenoxy) is 1. The van der Waals surface area contributed by atoms with Crippen LogP contribution in [-0.4, -0.2) is 7.11 Å². The maximum absolute atomic E-state index is 5.88. The van der Waals surface area contributed by atoms with Crippen LogP contribution < -0.4 is 10.5 Å². The van der Waals surface area contributed by atoms with Crippen LogP contribution in [0.25, 0.3) is 0 Å². The molecule has 1 rings (SSSR count). The molecule has 0 fully saturated rings. The van der Waals surface area contributed by atoms with Crippen molar-refractivity contribution in [1.29, 1.82) is 0 Å². The first kappa shape index (κ1) is 11.5. The van der Waals surface area contributed by atoms with Crippen molar-refractivity contribution in [3.05, 3.63) is 15.8 Å². The lowest BCUT2D eigenvalue weighted by Gasteiger charge is -2.15. The van der Waals surface area contributed by atoms with E-state index in [-0.39, 0.29) is 11.5 Å². The van der Waals surface area contributed by atoms with Crippen molar-refractivity contribution >= 4 is 11.3 Å². The van der Waals surface area contributed by atoms with Gasteiger partial charge in [0.05, 0.1) is 12.0 Å². The van der Waals surface area contributed by atoms with Gasteiger partial charge in [-0.2, -0.15) is 0 Å². The van der Waals surface area contributed by atoms with E-state index in [2.05, 4.69) is 26.8 Å². The monoisotopic (exact) mass is 213 g/mol. The maximum atomic E-state index is 5.88. The average molecular weight is 213 g/mol. The molecule has 0 bridgehead atoms. The van der Waals surface area contributed by atoms with Gasteiger partial charge in [-0.3, -0.25) is 0 Å². The molecule has 0 aliphatic carbocycles. The number of nitrogens with two attached hydrogens (primary N) is 1. The third kappa shape index (κ3) is 2.28. The highest BCUT2D eigenvalue weighted by molar-refractivity contribution is 7.12. The van der Waals surface area contributed by atoms with Gasteiger partial charge in [-0.05, 0) is 18.4 Å². The van der Waals surface area contributed by atoms with Crippen LogP contribution >= 0.6 is 11.3 Å². The molecule has 80 valence electrons. The summed E-state index contributed by atoms with van der Waals surface area (Å²) in [6.07, 6.45) is 0. The van der Waals surface area contributed by atoms with Gasteiger partial charge >= 0.3 is 0 Å². The van der Waals surface area contributed by atoms with E-state index in [0.29, 0.717) is 0 Å². The zero-order valence-corrected chi connectivity index (χ0v) is 10.4. The fourth-order valence-electron chi connectivity index (χ4n) is 1.23. The average Bonchev–Trinajstić information content (AvgIpc) is 2.45. The Hall–Kier alpha value is -0.540. The SMILES string of the molecule is COc1cc(C(C)(C)C)sc1C(C)N. The third-order valence-corrected chi connectivity index (χ3v) is 3.84. The summed E-state index contributed by atoms with van der Waals surface area (Å²) < 4.78 is 5.31. The summed E-state index contributed by atoms with van der Waals surface area (Å²) in [6.45, 7) is 8.58. The van der Waals surface area contributed by atoms with Gasteiger partial charge in [0.15, 0.2) is 0 Å². The Bertz CT molecular complexity index is 310. The molecule has 1 aromatic heterocycles. The largest absolute Gasteiger partial charge is 0.496 e. The zero-order valence-electron chi connectivity index (χ0n) is 9.55. The molecule has 2 nitrogen and oxygen atoms in total. The highest BCUT2D eigenvalue weighted by atomic mass is 32.1. The Kier molecular flexibility index (Phi) is 3.22. The Morgan fingerprint density at radius 1 is 1.43 bits per heavy atom. The molecule has 0 aliphatic rings. The minimum Gasteiger partial charge on any atom is -0.496 e. The van der Waals surface area contributed by atoms with Crippen molar-refractivity contribution in [1.82, 2.24) is 0 Å². The Morgan fingerprint density at radius 2 is 2.00 bits per heavy atom. The summed E-state index contributed by atoms with van der Waals surface area (Å²) in [5.74, 6) is 0.926. The highest BCUT2D eigenvalue weighted by Crippen LogP contribution is 2.38. The topological polar surface area (TPSA) is 35.2 Å². The smallest absolute Gasteiger partial charge is 0.134 e. The summed E-state index contributed by atoms with van der Waals surface area (Å²) >= 11 is 1.75. The Morgan fingerprint density at radius 3 is 2.29 bits per heavy atom. The van der Waals surface area contributed by atoms with Crippen molar-refractivity contribution in [2.45, 2.75) is 39.2 Å². The summed E-state index contributed by atoms with van der Waals surface area (Å²) in [7, 11) is 1.69. The van der Waals surface area contributed by atoms with E-state index in [1.807, 2.05) is 6.92 Å². The standard InChI is InChI=1S/C11H19NOS/c1-7(12)10-8(13-5)6-9(14-10)11(2,3)4/h6-7H,12H2,1-5H3. The van der Waals surface area contributed by atoms with Crippen LogP contribution in [0.1, 0.15) is 43.5 Å². The second kappa shape index (κ2) is 3.91. The number of rotatable bonds is 2. The number of thiophene rings is 1. The molecule has 0 aliphatic heterocycles. The maximum Gasteiger partial charge on any atom is 0.134 e. The molecule has 1 aromatic rings. The van der Waals surface area contributed by atoms with Gasteiger partial charge in [0.1, 0.15) is 5.75 Å². The van der Waals surface area contributed by atoms with Gasteiger partial charge in [0, 0.05) is 10.9 Å². The second-order valence-electron chi connectivity index (χ2n) is 4.58. The molecule has 14 heavy (non-hydrogen) atoms. The Balaban J connectivity index is 3.13. The van der Waals surface area contributed by atoms with E-state index in [4.69, 9.17) is 10.5 Å². The molecule has 1 unspecified atom stereocenters. The molecule has 0 saturated carbocycles. The predicted octanol–water partition coefficient (Wildman–Crippen LogP) is 3.07. The van der Waals surface area contributed by atoms with Crippen molar-refractivity contribution in [2.24, 2.45) is 5.73 Å². The van der Waals surface area contributed by atoms with Crippen LogP contribution in [-0.2, 0) is 5.41 Å². The lowest BCUT2D eigenvalue weighted by molar-refractivity contribution is 0.409. The van der Waals surface area contributed by atoms with E-state index in [0.717, 1.165) is 10.6 Å². The molecule has 2 N–H and O–H groups in total. The summed E-state index contributed by atoms with van der Waals surface area (Å²) in [4.78, 5) is 2.46. The van der Waals surface area contributed by atoms with E-state index in [1.54, 1.807) is 18.4 Å². The molecule has 1 atom stereocenters. The van der Waals surface area contributed by atoms with Crippen LogP contribution in [0.4, 0.5) is 0 Å². The van der Waals surface area contributed by atoms with Crippen LogP contribution in [0.15, 0.2) is 6.07 Å². The van der Waals surface area contributed by atoms with Crippen LogP contribution in [0.5, 0.6) is 5.75 Å².